The third-order valence-electron chi connectivity index (χ3n) is 5.40. The van der Waals surface area contributed by atoms with Crippen LogP contribution in [0.5, 0.6) is 0 Å². The van der Waals surface area contributed by atoms with Gasteiger partial charge < -0.3 is 9.47 Å². The molecule has 7 heteroatoms. The molecule has 4 aromatic rings. The molecule has 0 aliphatic carbocycles. The minimum Gasteiger partial charge on any atom is -0.341 e. The summed E-state index contributed by atoms with van der Waals surface area (Å²) in [6.07, 6.45) is 0.754. The molecule has 0 unspecified atom stereocenters. The maximum atomic E-state index is 13.0. The number of aromatic nitrogens is 4. The van der Waals surface area contributed by atoms with Crippen LogP contribution in [0.2, 0.25) is 0 Å². The molecule has 2 aromatic carbocycles. The first-order chi connectivity index (χ1) is 14.5. The summed E-state index contributed by atoms with van der Waals surface area (Å²) in [4.78, 5) is 32.2. The van der Waals surface area contributed by atoms with Crippen LogP contribution in [0.25, 0.3) is 11.2 Å². The third kappa shape index (κ3) is 3.54. The molecule has 0 saturated heterocycles. The zero-order chi connectivity index (χ0) is 21.3. The first-order valence-corrected chi connectivity index (χ1v) is 9.92. The minimum absolute atomic E-state index is 0.326. The topological polar surface area (TPSA) is 65.1 Å². The second-order valence-electron chi connectivity index (χ2n) is 7.52. The predicted octanol–water partition coefficient (Wildman–Crippen LogP) is 2.31. The van der Waals surface area contributed by atoms with Gasteiger partial charge in [0.2, 0.25) is 5.95 Å². The third-order valence-corrected chi connectivity index (χ3v) is 5.40. The summed E-state index contributed by atoms with van der Waals surface area (Å²) in [5, 5.41) is 0. The molecular weight excluding hydrogens is 378 g/mol. The number of fused-ring (bicyclic) bond motifs is 1. The summed E-state index contributed by atoms with van der Waals surface area (Å²) in [5.41, 5.74) is 2.48. The fraction of sp³-hybridized carbons (Fsp3) is 0.261. The molecule has 30 heavy (non-hydrogen) atoms. The van der Waals surface area contributed by atoms with Crippen molar-refractivity contribution >= 4 is 17.1 Å². The van der Waals surface area contributed by atoms with Gasteiger partial charge in [-0.1, -0.05) is 60.7 Å². The molecule has 2 heterocycles. The number of aryl methyl sites for hydroxylation is 3. The fourth-order valence-corrected chi connectivity index (χ4v) is 3.75. The quantitative estimate of drug-likeness (QED) is 0.496. The first kappa shape index (κ1) is 19.7. The Balaban J connectivity index is 1.83. The second-order valence-corrected chi connectivity index (χ2v) is 7.52. The molecule has 0 atom stereocenters. The van der Waals surface area contributed by atoms with Crippen molar-refractivity contribution < 1.29 is 0 Å². The lowest BCUT2D eigenvalue weighted by Gasteiger charge is -2.20. The van der Waals surface area contributed by atoms with E-state index < -0.39 is 0 Å². The summed E-state index contributed by atoms with van der Waals surface area (Å²) >= 11 is 0. The van der Waals surface area contributed by atoms with Crippen molar-refractivity contribution in [3.8, 4) is 0 Å². The van der Waals surface area contributed by atoms with Gasteiger partial charge in [-0.25, -0.2) is 4.79 Å². The van der Waals surface area contributed by atoms with Gasteiger partial charge >= 0.3 is 5.69 Å². The number of anilines is 1. The van der Waals surface area contributed by atoms with Gasteiger partial charge in [0.05, 0.1) is 0 Å². The van der Waals surface area contributed by atoms with Gasteiger partial charge in [-0.15, -0.1) is 0 Å². The van der Waals surface area contributed by atoms with Crippen LogP contribution in [-0.2, 0) is 33.6 Å². The molecule has 154 valence electrons. The lowest BCUT2D eigenvalue weighted by atomic mass is 10.1. The van der Waals surface area contributed by atoms with Crippen LogP contribution in [0.1, 0.15) is 11.1 Å². The Morgan fingerprint density at radius 1 is 0.867 bits per heavy atom. The maximum absolute atomic E-state index is 13.0. The van der Waals surface area contributed by atoms with Gasteiger partial charge in [-0.05, 0) is 17.5 Å². The van der Waals surface area contributed by atoms with Crippen molar-refractivity contribution in [1.29, 1.82) is 0 Å². The molecule has 4 rings (SSSR count). The van der Waals surface area contributed by atoms with Gasteiger partial charge in [0.1, 0.15) is 0 Å². The summed E-state index contributed by atoms with van der Waals surface area (Å²) in [7, 11) is 5.11. The van der Waals surface area contributed by atoms with E-state index in [9.17, 15) is 9.59 Å². The van der Waals surface area contributed by atoms with Crippen LogP contribution in [0.3, 0.4) is 0 Å². The van der Waals surface area contributed by atoms with Crippen LogP contribution < -0.4 is 16.1 Å². The lowest BCUT2D eigenvalue weighted by Crippen LogP contribution is -2.37. The fourth-order valence-electron chi connectivity index (χ4n) is 3.75. The highest BCUT2D eigenvalue weighted by Gasteiger charge is 2.21. The van der Waals surface area contributed by atoms with Crippen LogP contribution in [-0.4, -0.2) is 25.7 Å². The molecule has 0 aliphatic rings. The zero-order valence-electron chi connectivity index (χ0n) is 17.4. The van der Waals surface area contributed by atoms with Crippen LogP contribution >= 0.6 is 0 Å². The molecule has 2 aromatic heterocycles. The van der Waals surface area contributed by atoms with Gasteiger partial charge in [0, 0.05) is 34.2 Å². The van der Waals surface area contributed by atoms with E-state index in [1.54, 1.807) is 7.05 Å². The number of hydrogen-bond acceptors (Lipinski definition) is 4. The highest BCUT2D eigenvalue weighted by atomic mass is 16.2. The summed E-state index contributed by atoms with van der Waals surface area (Å²) < 4.78 is 4.52. The molecule has 0 radical (unpaired) electrons. The summed E-state index contributed by atoms with van der Waals surface area (Å²) in [5.74, 6) is 0.670. The van der Waals surface area contributed by atoms with Gasteiger partial charge in [0.15, 0.2) is 11.2 Å². The van der Waals surface area contributed by atoms with Crippen molar-refractivity contribution in [2.24, 2.45) is 14.1 Å². The summed E-state index contributed by atoms with van der Waals surface area (Å²) in [6, 6.07) is 20.2. The molecule has 0 bridgehead atoms. The van der Waals surface area contributed by atoms with E-state index >= 15 is 0 Å². The standard InChI is InChI=1S/C23H25N5O2/c1-25(16-18-12-8-5-9-13-18)22-24-20-19(21(29)27(3)23(30)26(20)2)28(22)15-14-17-10-6-4-7-11-17/h4-13H,14-16H2,1-3H3. The highest BCUT2D eigenvalue weighted by Crippen LogP contribution is 2.21. The van der Waals surface area contributed by atoms with Crippen molar-refractivity contribution in [2.75, 3.05) is 11.9 Å². The van der Waals surface area contributed by atoms with Crippen LogP contribution in [0.15, 0.2) is 70.3 Å². The monoisotopic (exact) mass is 403 g/mol. The molecule has 0 N–H and O–H groups in total. The van der Waals surface area contributed by atoms with Crippen LogP contribution in [0, 0.1) is 0 Å². The number of hydrogen-bond donors (Lipinski definition) is 0. The Morgan fingerprint density at radius 3 is 2.10 bits per heavy atom. The average Bonchev–Trinajstić information content (AvgIpc) is 3.16. The van der Waals surface area contributed by atoms with Gasteiger partial charge in [-0.2, -0.15) is 4.98 Å². The minimum atomic E-state index is -0.377. The van der Waals surface area contributed by atoms with E-state index in [0.29, 0.717) is 30.2 Å². The second kappa shape index (κ2) is 8.02. The van der Waals surface area contributed by atoms with Crippen molar-refractivity contribution in [3.63, 3.8) is 0 Å². The Kier molecular flexibility index (Phi) is 5.27. The summed E-state index contributed by atoms with van der Waals surface area (Å²) in [6.45, 7) is 1.23. The Morgan fingerprint density at radius 2 is 1.47 bits per heavy atom. The van der Waals surface area contributed by atoms with Gasteiger partial charge in [-0.3, -0.25) is 13.9 Å². The predicted molar refractivity (Wildman–Crippen MR) is 119 cm³/mol. The number of imidazole rings is 1. The molecule has 0 spiro atoms. The number of rotatable bonds is 6. The Labute approximate surface area is 174 Å². The SMILES string of the molecule is CN(Cc1ccccc1)c1nc2c(c(=O)n(C)c(=O)n2C)n1CCc1ccccc1. The van der Waals surface area contributed by atoms with E-state index in [-0.39, 0.29) is 11.2 Å². The highest BCUT2D eigenvalue weighted by molar-refractivity contribution is 5.74. The molecule has 0 amide bonds. The lowest BCUT2D eigenvalue weighted by molar-refractivity contribution is 0.676. The van der Waals surface area contributed by atoms with Crippen molar-refractivity contribution in [2.45, 2.75) is 19.5 Å². The average molecular weight is 403 g/mol. The molecular formula is C23H25N5O2. The smallest absolute Gasteiger partial charge is 0.332 e. The normalized spacial score (nSPS) is 11.2. The van der Waals surface area contributed by atoms with Crippen LogP contribution in [0.4, 0.5) is 5.95 Å². The Hall–Kier alpha value is -3.61. The van der Waals surface area contributed by atoms with E-state index in [4.69, 9.17) is 4.98 Å². The van der Waals surface area contributed by atoms with E-state index in [1.807, 2.05) is 52.9 Å². The first-order valence-electron chi connectivity index (χ1n) is 9.92. The van der Waals surface area contributed by atoms with E-state index in [0.717, 1.165) is 16.6 Å². The molecule has 7 nitrogen and oxygen atoms in total. The molecule has 0 aliphatic heterocycles. The maximum Gasteiger partial charge on any atom is 0.332 e. The van der Waals surface area contributed by atoms with Crippen molar-refractivity contribution in [3.05, 3.63) is 92.6 Å². The van der Waals surface area contributed by atoms with E-state index in [1.165, 1.54) is 17.2 Å². The van der Waals surface area contributed by atoms with Gasteiger partial charge in [0.25, 0.3) is 5.56 Å². The number of nitrogens with zero attached hydrogens (tertiary/aromatic N) is 5. The molecule has 0 saturated carbocycles. The zero-order valence-corrected chi connectivity index (χ0v) is 17.4. The van der Waals surface area contributed by atoms with E-state index in [2.05, 4.69) is 24.3 Å². The Bertz CT molecular complexity index is 1290. The molecule has 0 fully saturated rings. The largest absolute Gasteiger partial charge is 0.341 e. The number of benzene rings is 2. The van der Waals surface area contributed by atoms with Crippen molar-refractivity contribution in [1.82, 2.24) is 18.7 Å².